The normalized spacial score (nSPS) is 10.8. The Kier molecular flexibility index (Phi) is 4.75. The molecule has 1 amide bonds. The third-order valence-corrected chi connectivity index (χ3v) is 2.00. The lowest BCUT2D eigenvalue weighted by Crippen LogP contribution is -2.20. The van der Waals surface area contributed by atoms with Crippen LogP contribution < -0.4 is 5.32 Å². The molecule has 1 N–H and O–H groups in total. The highest BCUT2D eigenvalue weighted by molar-refractivity contribution is 5.72. The lowest BCUT2D eigenvalue weighted by Gasteiger charge is -1.99. The van der Waals surface area contributed by atoms with E-state index in [1.165, 1.54) is 13.0 Å². The SMILES string of the molecule is CC(=O)NCCC=Cc1cc(F)c(F)c(F)c1. The molecular formula is C12H12F3NO. The molecule has 0 bridgehead atoms. The number of amides is 1. The molecule has 0 atom stereocenters. The smallest absolute Gasteiger partial charge is 0.216 e. The molecule has 0 aliphatic heterocycles. The second kappa shape index (κ2) is 6.08. The van der Waals surface area contributed by atoms with Gasteiger partial charge in [0.05, 0.1) is 0 Å². The highest BCUT2D eigenvalue weighted by atomic mass is 19.2. The van der Waals surface area contributed by atoms with Crippen LogP contribution in [0.2, 0.25) is 0 Å². The van der Waals surface area contributed by atoms with Crippen molar-refractivity contribution >= 4 is 12.0 Å². The lowest BCUT2D eigenvalue weighted by atomic mass is 10.2. The summed E-state index contributed by atoms with van der Waals surface area (Å²) in [5, 5.41) is 2.57. The van der Waals surface area contributed by atoms with Crippen LogP contribution in [0.1, 0.15) is 18.9 Å². The lowest BCUT2D eigenvalue weighted by molar-refractivity contribution is -0.118. The molecule has 2 nitrogen and oxygen atoms in total. The summed E-state index contributed by atoms with van der Waals surface area (Å²) < 4.78 is 38.3. The molecular weight excluding hydrogens is 231 g/mol. The van der Waals surface area contributed by atoms with Gasteiger partial charge in [-0.15, -0.1) is 0 Å². The first-order valence-corrected chi connectivity index (χ1v) is 5.06. The molecule has 0 aliphatic carbocycles. The molecule has 0 radical (unpaired) electrons. The van der Waals surface area contributed by atoms with Crippen molar-refractivity contribution in [2.75, 3.05) is 6.54 Å². The van der Waals surface area contributed by atoms with Crippen molar-refractivity contribution in [2.24, 2.45) is 0 Å². The number of nitrogens with one attached hydrogen (secondary N) is 1. The van der Waals surface area contributed by atoms with Crippen LogP contribution in [0.25, 0.3) is 6.08 Å². The summed E-state index contributed by atoms with van der Waals surface area (Å²) in [6.07, 6.45) is 3.63. The second-order valence-electron chi connectivity index (χ2n) is 3.47. The van der Waals surface area contributed by atoms with Gasteiger partial charge in [0, 0.05) is 13.5 Å². The minimum Gasteiger partial charge on any atom is -0.356 e. The van der Waals surface area contributed by atoms with Gasteiger partial charge in [-0.2, -0.15) is 0 Å². The van der Waals surface area contributed by atoms with Crippen LogP contribution >= 0.6 is 0 Å². The second-order valence-corrected chi connectivity index (χ2v) is 3.47. The molecule has 0 saturated heterocycles. The Morgan fingerprint density at radius 3 is 2.41 bits per heavy atom. The average Bonchev–Trinajstić information content (AvgIpc) is 2.25. The van der Waals surface area contributed by atoms with Crippen molar-refractivity contribution in [3.8, 4) is 0 Å². The average molecular weight is 243 g/mol. The molecule has 0 aromatic heterocycles. The van der Waals surface area contributed by atoms with Gasteiger partial charge in [-0.1, -0.05) is 12.2 Å². The zero-order chi connectivity index (χ0) is 12.8. The molecule has 17 heavy (non-hydrogen) atoms. The standard InChI is InChI=1S/C12H12F3NO/c1-8(17)16-5-3-2-4-9-6-10(13)12(15)11(14)7-9/h2,4,6-7H,3,5H2,1H3,(H,16,17). The third-order valence-electron chi connectivity index (χ3n) is 2.00. The summed E-state index contributed by atoms with van der Waals surface area (Å²) in [6, 6.07) is 1.82. The van der Waals surface area contributed by atoms with Gasteiger partial charge < -0.3 is 5.32 Å². The predicted octanol–water partition coefficient (Wildman–Crippen LogP) is 2.64. The van der Waals surface area contributed by atoms with E-state index >= 15 is 0 Å². The molecule has 0 fully saturated rings. The highest BCUT2D eigenvalue weighted by Crippen LogP contribution is 2.14. The number of hydrogen-bond acceptors (Lipinski definition) is 1. The first kappa shape index (κ1) is 13.3. The number of halogens is 3. The number of benzene rings is 1. The molecule has 5 heteroatoms. The number of carbonyl (C=O) groups excluding carboxylic acids is 1. The van der Waals surface area contributed by atoms with Gasteiger partial charge in [0.1, 0.15) is 0 Å². The zero-order valence-electron chi connectivity index (χ0n) is 9.27. The fourth-order valence-electron chi connectivity index (χ4n) is 1.22. The first-order chi connectivity index (χ1) is 8.00. The van der Waals surface area contributed by atoms with Gasteiger partial charge in [0.2, 0.25) is 5.91 Å². The number of hydrogen-bond donors (Lipinski definition) is 1. The Hall–Kier alpha value is -1.78. The Morgan fingerprint density at radius 2 is 1.88 bits per heavy atom. The molecule has 1 rings (SSSR count). The summed E-state index contributed by atoms with van der Waals surface area (Å²) >= 11 is 0. The van der Waals surface area contributed by atoms with E-state index in [0.717, 1.165) is 12.1 Å². The Balaban J connectivity index is 2.57. The van der Waals surface area contributed by atoms with E-state index in [2.05, 4.69) is 5.32 Å². The van der Waals surface area contributed by atoms with E-state index in [1.54, 1.807) is 6.08 Å². The van der Waals surface area contributed by atoms with Crippen LogP contribution in [0.15, 0.2) is 18.2 Å². The molecule has 0 heterocycles. The van der Waals surface area contributed by atoms with E-state index < -0.39 is 17.5 Å². The minimum absolute atomic E-state index is 0.141. The van der Waals surface area contributed by atoms with Crippen LogP contribution in [0.3, 0.4) is 0 Å². The van der Waals surface area contributed by atoms with E-state index in [0.29, 0.717) is 13.0 Å². The summed E-state index contributed by atoms with van der Waals surface area (Å²) in [5.41, 5.74) is 0.240. The van der Waals surface area contributed by atoms with Gasteiger partial charge in [-0.25, -0.2) is 13.2 Å². The van der Waals surface area contributed by atoms with Crippen LogP contribution in [-0.2, 0) is 4.79 Å². The van der Waals surface area contributed by atoms with Gasteiger partial charge in [-0.05, 0) is 24.1 Å². The van der Waals surface area contributed by atoms with Gasteiger partial charge in [0.15, 0.2) is 17.5 Å². The minimum atomic E-state index is -1.47. The Morgan fingerprint density at radius 1 is 1.29 bits per heavy atom. The zero-order valence-corrected chi connectivity index (χ0v) is 9.27. The maximum absolute atomic E-state index is 12.8. The number of rotatable bonds is 4. The van der Waals surface area contributed by atoms with Crippen molar-refractivity contribution in [3.05, 3.63) is 41.2 Å². The maximum atomic E-state index is 12.8. The summed E-state index contributed by atoms with van der Waals surface area (Å²) in [7, 11) is 0. The molecule has 0 unspecified atom stereocenters. The summed E-state index contributed by atoms with van der Waals surface area (Å²) in [4.78, 5) is 10.5. The van der Waals surface area contributed by atoms with Crippen LogP contribution in [0, 0.1) is 17.5 Å². The fraction of sp³-hybridized carbons (Fsp3) is 0.250. The molecule has 0 aliphatic rings. The quantitative estimate of drug-likeness (QED) is 0.639. The van der Waals surface area contributed by atoms with Crippen molar-refractivity contribution in [2.45, 2.75) is 13.3 Å². The first-order valence-electron chi connectivity index (χ1n) is 5.06. The molecule has 1 aromatic rings. The topological polar surface area (TPSA) is 29.1 Å². The number of carbonyl (C=O) groups is 1. The molecule has 1 aromatic carbocycles. The Bertz CT molecular complexity index is 420. The van der Waals surface area contributed by atoms with Crippen molar-refractivity contribution < 1.29 is 18.0 Å². The summed E-state index contributed by atoms with van der Waals surface area (Å²) in [5.74, 6) is -4.05. The summed E-state index contributed by atoms with van der Waals surface area (Å²) in [6.45, 7) is 1.84. The van der Waals surface area contributed by atoms with Crippen LogP contribution in [0.4, 0.5) is 13.2 Å². The molecule has 92 valence electrons. The van der Waals surface area contributed by atoms with Crippen LogP contribution in [-0.4, -0.2) is 12.5 Å². The predicted molar refractivity (Wildman–Crippen MR) is 58.7 cm³/mol. The maximum Gasteiger partial charge on any atom is 0.216 e. The largest absolute Gasteiger partial charge is 0.356 e. The highest BCUT2D eigenvalue weighted by Gasteiger charge is 2.08. The fourth-order valence-corrected chi connectivity index (χ4v) is 1.22. The Labute approximate surface area is 97.1 Å². The van der Waals surface area contributed by atoms with Gasteiger partial charge >= 0.3 is 0 Å². The third kappa shape index (κ3) is 4.30. The van der Waals surface area contributed by atoms with Crippen molar-refractivity contribution in [3.63, 3.8) is 0 Å². The van der Waals surface area contributed by atoms with E-state index in [4.69, 9.17) is 0 Å². The van der Waals surface area contributed by atoms with E-state index in [1.807, 2.05) is 0 Å². The van der Waals surface area contributed by atoms with Gasteiger partial charge in [-0.3, -0.25) is 4.79 Å². The molecule has 0 saturated carbocycles. The van der Waals surface area contributed by atoms with Crippen molar-refractivity contribution in [1.29, 1.82) is 0 Å². The van der Waals surface area contributed by atoms with Crippen LogP contribution in [0.5, 0.6) is 0 Å². The molecule has 0 spiro atoms. The van der Waals surface area contributed by atoms with Crippen molar-refractivity contribution in [1.82, 2.24) is 5.32 Å². The van der Waals surface area contributed by atoms with E-state index in [-0.39, 0.29) is 11.5 Å². The van der Waals surface area contributed by atoms with E-state index in [9.17, 15) is 18.0 Å². The monoisotopic (exact) mass is 243 g/mol. The van der Waals surface area contributed by atoms with Gasteiger partial charge in [0.25, 0.3) is 0 Å².